The first kappa shape index (κ1) is 19.0. The molecule has 0 aliphatic carbocycles. The number of aromatic nitrogens is 1. The summed E-state index contributed by atoms with van der Waals surface area (Å²) in [6.45, 7) is 2.25. The van der Waals surface area contributed by atoms with E-state index in [1.165, 1.54) is 12.4 Å². The summed E-state index contributed by atoms with van der Waals surface area (Å²) in [5.74, 6) is 0. The molecule has 0 radical (unpaired) electrons. The van der Waals surface area contributed by atoms with Crippen molar-refractivity contribution in [1.82, 2.24) is 10.3 Å². The zero-order valence-corrected chi connectivity index (χ0v) is 15.2. The molecule has 0 saturated heterocycles. The predicted molar refractivity (Wildman–Crippen MR) is 99.8 cm³/mol. The van der Waals surface area contributed by atoms with Crippen LogP contribution in [0.4, 0.5) is 21.9 Å². The number of pyridine rings is 1. The number of hydrogen-bond donors (Lipinski definition) is 3. The minimum absolute atomic E-state index is 0.170. The minimum Gasteiger partial charge on any atom is -0.354 e. The van der Waals surface area contributed by atoms with Crippen LogP contribution in [-0.2, 0) is 10.0 Å². The van der Waals surface area contributed by atoms with Gasteiger partial charge in [0.15, 0.2) is 0 Å². The predicted octanol–water partition coefficient (Wildman–Crippen LogP) is 3.73. The lowest BCUT2D eigenvalue weighted by molar-refractivity contribution is 0.258. The molecule has 2 rings (SSSR count). The van der Waals surface area contributed by atoms with Gasteiger partial charge >= 0.3 is 15.3 Å². The first-order valence-corrected chi connectivity index (χ1v) is 9.55. The van der Waals surface area contributed by atoms with E-state index in [2.05, 4.69) is 20.3 Å². The van der Waals surface area contributed by atoms with Crippen molar-refractivity contribution >= 4 is 43.9 Å². The lowest BCUT2D eigenvalue weighted by Crippen LogP contribution is -2.34. The second-order valence-electron chi connectivity index (χ2n) is 5.23. The normalized spacial score (nSPS) is 11.0. The van der Waals surface area contributed by atoms with Gasteiger partial charge < -0.3 is 10.6 Å². The number of benzene rings is 1. The Morgan fingerprint density at radius 3 is 2.56 bits per heavy atom. The summed E-state index contributed by atoms with van der Waals surface area (Å²) >= 11 is 5.85. The summed E-state index contributed by atoms with van der Waals surface area (Å²) in [6, 6.07) is 8.50. The zero-order chi connectivity index (χ0) is 18.3. The Balaban J connectivity index is 2.14. The Morgan fingerprint density at radius 2 is 1.88 bits per heavy atom. The van der Waals surface area contributed by atoms with E-state index in [1.807, 2.05) is 6.92 Å². The summed E-state index contributed by atoms with van der Waals surface area (Å²) in [7, 11) is -4.22. The first-order chi connectivity index (χ1) is 11.9. The Kier molecular flexibility index (Phi) is 6.60. The number of anilines is 3. The SMILES string of the molecule is CCCCNC(=O)S(=O)(=O)Nc1cnccc1Nc1ccc(Cl)cc1. The van der Waals surface area contributed by atoms with Crippen molar-refractivity contribution in [2.45, 2.75) is 19.8 Å². The number of carbonyl (C=O) groups is 1. The highest BCUT2D eigenvalue weighted by molar-refractivity contribution is 8.07. The van der Waals surface area contributed by atoms with E-state index in [1.54, 1.807) is 30.3 Å². The number of unbranched alkanes of at least 4 members (excludes halogenated alkanes) is 1. The average Bonchev–Trinajstić information content (AvgIpc) is 2.58. The minimum atomic E-state index is -4.22. The van der Waals surface area contributed by atoms with Crippen LogP contribution in [0.2, 0.25) is 5.02 Å². The summed E-state index contributed by atoms with van der Waals surface area (Å²) in [5.41, 5.74) is 1.34. The smallest absolute Gasteiger partial charge is 0.354 e. The van der Waals surface area contributed by atoms with Gasteiger partial charge in [-0.15, -0.1) is 0 Å². The molecular formula is C16H19ClN4O3S. The van der Waals surface area contributed by atoms with Crippen LogP contribution in [0.25, 0.3) is 0 Å². The molecule has 0 unspecified atom stereocenters. The van der Waals surface area contributed by atoms with Crippen LogP contribution in [0, 0.1) is 0 Å². The Morgan fingerprint density at radius 1 is 1.16 bits per heavy atom. The van der Waals surface area contributed by atoms with Gasteiger partial charge in [-0.1, -0.05) is 24.9 Å². The fraction of sp³-hybridized carbons (Fsp3) is 0.250. The van der Waals surface area contributed by atoms with E-state index in [0.29, 0.717) is 29.4 Å². The van der Waals surface area contributed by atoms with Crippen molar-refractivity contribution in [1.29, 1.82) is 0 Å². The lowest BCUT2D eigenvalue weighted by atomic mass is 10.3. The summed E-state index contributed by atoms with van der Waals surface area (Å²) in [4.78, 5) is 15.7. The van der Waals surface area contributed by atoms with Gasteiger partial charge in [0.25, 0.3) is 0 Å². The van der Waals surface area contributed by atoms with Gasteiger partial charge in [-0.05, 0) is 36.8 Å². The van der Waals surface area contributed by atoms with Gasteiger partial charge in [0, 0.05) is 23.5 Å². The third-order valence-corrected chi connectivity index (χ3v) is 4.61. The molecule has 134 valence electrons. The summed E-state index contributed by atoms with van der Waals surface area (Å²) in [5, 5.41) is 4.95. The largest absolute Gasteiger partial charge is 0.357 e. The molecule has 0 bridgehead atoms. The average molecular weight is 383 g/mol. The van der Waals surface area contributed by atoms with Crippen molar-refractivity contribution in [2.24, 2.45) is 0 Å². The highest BCUT2D eigenvalue weighted by Gasteiger charge is 2.22. The fourth-order valence-electron chi connectivity index (χ4n) is 1.93. The highest BCUT2D eigenvalue weighted by Crippen LogP contribution is 2.26. The molecule has 1 heterocycles. The van der Waals surface area contributed by atoms with E-state index in [4.69, 9.17) is 11.6 Å². The van der Waals surface area contributed by atoms with Gasteiger partial charge in [0.05, 0.1) is 17.6 Å². The Hall–Kier alpha value is -2.32. The standard InChI is InChI=1S/C16H19ClN4O3S/c1-2-3-9-19-16(22)25(23,24)21-15-11-18-10-8-14(15)20-13-6-4-12(17)5-7-13/h4-8,10-11,21H,2-3,9H2,1H3,(H,18,20)(H,19,22). The van der Waals surface area contributed by atoms with Gasteiger partial charge in [0.1, 0.15) is 0 Å². The fourth-order valence-corrected chi connectivity index (χ4v) is 2.89. The molecule has 0 atom stereocenters. The first-order valence-electron chi connectivity index (χ1n) is 7.69. The van der Waals surface area contributed by atoms with Crippen LogP contribution in [0.5, 0.6) is 0 Å². The molecule has 1 amide bonds. The maximum absolute atomic E-state index is 12.1. The molecule has 7 nitrogen and oxygen atoms in total. The topological polar surface area (TPSA) is 100 Å². The molecule has 0 fully saturated rings. The maximum Gasteiger partial charge on any atom is 0.357 e. The molecule has 0 saturated carbocycles. The summed E-state index contributed by atoms with van der Waals surface area (Å²) < 4.78 is 26.5. The third-order valence-electron chi connectivity index (χ3n) is 3.23. The van der Waals surface area contributed by atoms with Crippen molar-refractivity contribution in [3.63, 3.8) is 0 Å². The van der Waals surface area contributed by atoms with Crippen molar-refractivity contribution in [3.05, 3.63) is 47.7 Å². The molecule has 0 aliphatic heterocycles. The van der Waals surface area contributed by atoms with Gasteiger partial charge in [-0.3, -0.25) is 14.5 Å². The Bertz CT molecular complexity index is 826. The van der Waals surface area contributed by atoms with Crippen LogP contribution in [-0.4, -0.2) is 25.2 Å². The number of nitrogens with zero attached hydrogens (tertiary/aromatic N) is 1. The van der Waals surface area contributed by atoms with E-state index in [-0.39, 0.29) is 5.69 Å². The van der Waals surface area contributed by atoms with E-state index in [0.717, 1.165) is 6.42 Å². The summed E-state index contributed by atoms with van der Waals surface area (Å²) in [6.07, 6.45) is 4.40. The third kappa shape index (κ3) is 5.61. The molecule has 1 aromatic carbocycles. The van der Waals surface area contributed by atoms with Gasteiger partial charge in [-0.25, -0.2) is 0 Å². The monoisotopic (exact) mass is 382 g/mol. The molecule has 25 heavy (non-hydrogen) atoms. The number of nitrogens with one attached hydrogen (secondary N) is 3. The number of carbonyl (C=O) groups excluding carboxylic acids is 1. The number of halogens is 1. The van der Waals surface area contributed by atoms with Crippen LogP contribution in [0.3, 0.4) is 0 Å². The highest BCUT2D eigenvalue weighted by atomic mass is 35.5. The molecule has 1 aromatic heterocycles. The quantitative estimate of drug-likeness (QED) is 0.633. The van der Waals surface area contributed by atoms with Crippen molar-refractivity contribution < 1.29 is 13.2 Å². The van der Waals surface area contributed by atoms with E-state index < -0.39 is 15.3 Å². The van der Waals surface area contributed by atoms with Crippen molar-refractivity contribution in [3.8, 4) is 0 Å². The zero-order valence-electron chi connectivity index (χ0n) is 13.6. The molecule has 9 heteroatoms. The molecule has 3 N–H and O–H groups in total. The Labute approximate surface area is 151 Å². The number of hydrogen-bond acceptors (Lipinski definition) is 5. The molecular weight excluding hydrogens is 364 g/mol. The van der Waals surface area contributed by atoms with Crippen LogP contribution < -0.4 is 15.4 Å². The molecule has 0 spiro atoms. The van der Waals surface area contributed by atoms with Crippen LogP contribution in [0.15, 0.2) is 42.7 Å². The van der Waals surface area contributed by atoms with Crippen molar-refractivity contribution in [2.75, 3.05) is 16.6 Å². The van der Waals surface area contributed by atoms with Crippen LogP contribution in [0.1, 0.15) is 19.8 Å². The maximum atomic E-state index is 12.1. The van der Waals surface area contributed by atoms with E-state index >= 15 is 0 Å². The second-order valence-corrected chi connectivity index (χ2v) is 7.24. The molecule has 0 aliphatic rings. The molecule has 2 aromatic rings. The van der Waals surface area contributed by atoms with E-state index in [9.17, 15) is 13.2 Å². The second kappa shape index (κ2) is 8.68. The lowest BCUT2D eigenvalue weighted by Gasteiger charge is -2.13. The number of rotatable bonds is 7. The van der Waals surface area contributed by atoms with Gasteiger partial charge in [-0.2, -0.15) is 8.42 Å². The van der Waals surface area contributed by atoms with Gasteiger partial charge in [0.2, 0.25) is 0 Å². The number of amides is 1. The van der Waals surface area contributed by atoms with Crippen LogP contribution >= 0.6 is 11.6 Å². The number of sulfonamides is 1.